The number of imide groups is 1. The van der Waals surface area contributed by atoms with Gasteiger partial charge in [-0.3, -0.25) is 24.4 Å². The van der Waals surface area contributed by atoms with E-state index in [1.807, 2.05) is 6.92 Å². The van der Waals surface area contributed by atoms with Gasteiger partial charge in [-0.15, -0.1) is 0 Å². The molecule has 0 aromatic carbocycles. The normalized spacial score (nSPS) is 17.9. The Morgan fingerprint density at radius 2 is 2.29 bits per heavy atom. The van der Waals surface area contributed by atoms with Crippen molar-refractivity contribution >= 4 is 26.8 Å². The highest BCUT2D eigenvalue weighted by Gasteiger charge is 2.37. The van der Waals surface area contributed by atoms with Crippen LogP contribution in [0.4, 0.5) is 0 Å². The molecule has 0 aromatic heterocycles. The van der Waals surface area contributed by atoms with Gasteiger partial charge in [0.05, 0.1) is 19.1 Å². The number of ether oxygens (including phenoxy) is 1. The number of likely N-dealkylation sites (N-methyl/N-ethyl adjacent to an activating group) is 1. The van der Waals surface area contributed by atoms with E-state index in [1.54, 1.807) is 7.05 Å². The molecule has 3 amide bonds. The summed E-state index contributed by atoms with van der Waals surface area (Å²) in [6.07, 6.45) is 0.293. The molecule has 0 spiro atoms. The molecule has 1 aliphatic heterocycles. The number of nitrogens with zero attached hydrogens (tertiary/aromatic N) is 1. The smallest absolute Gasteiger partial charge is 0.246 e. The standard InChI is InChI=1S/C12H21N3O4.H2NP/c1-3-19-7-5-14-10(16)4-6-15-11(17)8-9(13-2)12(15)18;1-2/h9,13H,3-8H2,1-2H3,(H,14,16);1-2H/i/hD. The second-order valence-electron chi connectivity index (χ2n) is 4.23. The van der Waals surface area contributed by atoms with E-state index in [2.05, 4.69) is 24.8 Å². The summed E-state index contributed by atoms with van der Waals surface area (Å²) in [6.45, 7) is 3.53. The van der Waals surface area contributed by atoms with Crippen LogP contribution in [0.1, 0.15) is 19.8 Å². The second-order valence-corrected chi connectivity index (χ2v) is 4.23. The largest absolute Gasteiger partial charge is 0.380 e. The predicted molar refractivity (Wildman–Crippen MR) is 79.3 cm³/mol. The summed E-state index contributed by atoms with van der Waals surface area (Å²) in [7, 11) is 4.11. The second kappa shape index (κ2) is 11.3. The minimum absolute atomic E-state index is 0.125. The molecule has 9 heteroatoms. The minimum atomic E-state index is -0.450. The van der Waals surface area contributed by atoms with Gasteiger partial charge in [0.15, 0.2) is 1.41 Å². The third-order valence-electron chi connectivity index (χ3n) is 2.93. The van der Waals surface area contributed by atoms with Crippen LogP contribution in [-0.4, -0.2) is 62.0 Å². The Labute approximate surface area is 128 Å². The Hall–Kier alpha value is -1.37. The van der Waals surface area contributed by atoms with Crippen molar-refractivity contribution in [2.24, 2.45) is 0 Å². The highest BCUT2D eigenvalue weighted by atomic mass is 31.0. The summed E-state index contributed by atoms with van der Waals surface area (Å²) < 4.78 is 10.8. The van der Waals surface area contributed by atoms with Gasteiger partial charge in [-0.25, -0.2) is 0 Å². The van der Waals surface area contributed by atoms with Crippen molar-refractivity contribution in [3.05, 3.63) is 0 Å². The van der Waals surface area contributed by atoms with E-state index in [1.165, 1.54) is 0 Å². The molecule has 1 atom stereocenters. The first-order chi connectivity index (χ1) is 10.5. The van der Waals surface area contributed by atoms with Gasteiger partial charge >= 0.3 is 0 Å². The van der Waals surface area contributed by atoms with Crippen LogP contribution in [0.15, 0.2) is 0 Å². The molecule has 1 aliphatic rings. The van der Waals surface area contributed by atoms with Gasteiger partial charge in [-0.05, 0) is 23.0 Å². The Morgan fingerprint density at radius 3 is 2.81 bits per heavy atom. The van der Waals surface area contributed by atoms with Crippen molar-refractivity contribution in [2.45, 2.75) is 25.8 Å². The first-order valence-electron chi connectivity index (χ1n) is 7.13. The molecular formula is C12H23N4O4P. The van der Waals surface area contributed by atoms with Gasteiger partial charge in [-0.2, -0.15) is 0 Å². The summed E-state index contributed by atoms with van der Waals surface area (Å²) >= 11 is 0. The van der Waals surface area contributed by atoms with Crippen LogP contribution in [0.5, 0.6) is 0 Å². The molecule has 0 bridgehead atoms. The third kappa shape index (κ3) is 6.75. The molecule has 3 N–H and O–H groups in total. The number of carbonyl (C=O) groups is 3. The van der Waals surface area contributed by atoms with E-state index >= 15 is 0 Å². The van der Waals surface area contributed by atoms with Gasteiger partial charge < -0.3 is 15.4 Å². The lowest BCUT2D eigenvalue weighted by molar-refractivity contribution is -0.139. The van der Waals surface area contributed by atoms with Gasteiger partial charge in [0.2, 0.25) is 17.7 Å². The average molecular weight is 319 g/mol. The molecule has 0 aliphatic carbocycles. The lowest BCUT2D eigenvalue weighted by atomic mass is 10.2. The maximum Gasteiger partial charge on any atom is 0.246 e. The fraction of sp³-hybridized carbons (Fsp3) is 0.750. The Balaban J connectivity index is 0.00000135. The zero-order valence-electron chi connectivity index (χ0n) is 13.3. The SMILES string of the molecule is CCOCCNC(=O)CCN1C(=O)CC(NC)C1=O.[2H]N=P. The summed E-state index contributed by atoms with van der Waals surface area (Å²) in [5.74, 6) is -0.672. The van der Waals surface area contributed by atoms with Crippen molar-refractivity contribution in [2.75, 3.05) is 33.4 Å². The monoisotopic (exact) mass is 319 g/mol. The van der Waals surface area contributed by atoms with Gasteiger partial charge in [0.25, 0.3) is 0 Å². The Morgan fingerprint density at radius 1 is 1.62 bits per heavy atom. The summed E-state index contributed by atoms with van der Waals surface area (Å²) in [5, 5.41) is 8.00. The first kappa shape index (κ1) is 17.7. The predicted octanol–water partition coefficient (Wildman–Crippen LogP) is -0.232. The Bertz CT molecular complexity index is 397. The van der Waals surface area contributed by atoms with Gasteiger partial charge in [-0.1, -0.05) is 0 Å². The number of likely N-dealkylation sites (tertiary alicyclic amines) is 1. The fourth-order valence-corrected chi connectivity index (χ4v) is 1.85. The van der Waals surface area contributed by atoms with Crippen molar-refractivity contribution < 1.29 is 20.5 Å². The summed E-state index contributed by atoms with van der Waals surface area (Å²) in [4.78, 5) is 36.0. The number of nitrogens with one attached hydrogen (secondary N) is 3. The zero-order valence-corrected chi connectivity index (χ0v) is 13.3. The topological polar surface area (TPSA) is 112 Å². The van der Waals surface area contributed by atoms with Crippen LogP contribution in [0, 0.1) is 5.15 Å². The Kier molecular flexibility index (Phi) is 9.52. The molecule has 0 saturated carbocycles. The molecule has 8 nitrogen and oxygen atoms in total. The molecule has 1 fully saturated rings. The van der Waals surface area contributed by atoms with Crippen LogP contribution in [0.25, 0.3) is 0 Å². The molecule has 1 heterocycles. The maximum absolute atomic E-state index is 11.7. The van der Waals surface area contributed by atoms with Crippen LogP contribution >= 0.6 is 9.03 Å². The summed E-state index contributed by atoms with van der Waals surface area (Å²) in [5.41, 5.74) is 0. The van der Waals surface area contributed by atoms with E-state index < -0.39 is 6.04 Å². The van der Waals surface area contributed by atoms with Crippen molar-refractivity contribution in [3.63, 3.8) is 0 Å². The molecular weight excluding hydrogens is 295 g/mol. The fourth-order valence-electron chi connectivity index (χ4n) is 1.85. The van der Waals surface area contributed by atoms with Crippen LogP contribution in [0.3, 0.4) is 0 Å². The molecule has 1 rings (SSSR count). The third-order valence-corrected chi connectivity index (χ3v) is 2.93. The minimum Gasteiger partial charge on any atom is -0.380 e. The molecule has 0 radical (unpaired) electrons. The number of hydrogen-bond acceptors (Lipinski definition) is 6. The number of carbonyl (C=O) groups excluding carboxylic acids is 3. The van der Waals surface area contributed by atoms with Crippen LogP contribution in [-0.2, 0) is 19.1 Å². The molecule has 21 heavy (non-hydrogen) atoms. The van der Waals surface area contributed by atoms with E-state index in [-0.39, 0.29) is 37.1 Å². The van der Waals surface area contributed by atoms with Crippen LogP contribution < -0.4 is 10.6 Å². The van der Waals surface area contributed by atoms with Crippen molar-refractivity contribution in [1.29, 1.82) is 5.15 Å². The van der Waals surface area contributed by atoms with E-state index in [9.17, 15) is 14.4 Å². The van der Waals surface area contributed by atoms with Gasteiger partial charge in [0.1, 0.15) is 0 Å². The molecule has 120 valence electrons. The molecule has 1 unspecified atom stereocenters. The number of rotatable bonds is 8. The van der Waals surface area contributed by atoms with Crippen molar-refractivity contribution in [3.8, 4) is 0 Å². The summed E-state index contributed by atoms with van der Waals surface area (Å²) in [6, 6.07) is -0.450. The quantitative estimate of drug-likeness (QED) is 0.325. The molecule has 0 aromatic rings. The van der Waals surface area contributed by atoms with Crippen molar-refractivity contribution in [1.82, 2.24) is 15.5 Å². The lowest BCUT2D eigenvalue weighted by Gasteiger charge is -2.14. The van der Waals surface area contributed by atoms with E-state index in [0.717, 1.165) is 4.90 Å². The lowest BCUT2D eigenvalue weighted by Crippen LogP contribution is -2.39. The van der Waals surface area contributed by atoms with E-state index in [4.69, 9.17) is 6.15 Å². The molecule has 1 saturated heterocycles. The van der Waals surface area contributed by atoms with E-state index in [0.29, 0.717) is 19.8 Å². The average Bonchev–Trinajstić information content (AvgIpc) is 2.76. The highest BCUT2D eigenvalue weighted by Crippen LogP contribution is 2.12. The zero-order chi connectivity index (χ0) is 17.0. The number of hydrogen-bond donors (Lipinski definition) is 3. The number of amides is 3. The van der Waals surface area contributed by atoms with Crippen LogP contribution in [0.2, 0.25) is 1.41 Å². The highest BCUT2D eigenvalue weighted by molar-refractivity contribution is 7.02. The van der Waals surface area contributed by atoms with Gasteiger partial charge in [0, 0.05) is 26.1 Å². The first-order valence-corrected chi connectivity index (χ1v) is 7.13. The maximum atomic E-state index is 11.7.